The zero-order chi connectivity index (χ0) is 18.7. The average Bonchev–Trinajstić information content (AvgIpc) is 3.18. The Bertz CT molecular complexity index is 808. The van der Waals surface area contributed by atoms with Crippen LogP contribution in [-0.2, 0) is 16.0 Å². The summed E-state index contributed by atoms with van der Waals surface area (Å²) in [5.41, 5.74) is 1.83. The van der Waals surface area contributed by atoms with E-state index in [1.54, 1.807) is 22.3 Å². The van der Waals surface area contributed by atoms with Crippen LogP contribution in [0.25, 0.3) is 0 Å². The number of hydrogen-bond donors (Lipinski definition) is 1. The molecule has 3 rings (SSSR count). The van der Waals surface area contributed by atoms with Crippen molar-refractivity contribution in [3.63, 3.8) is 0 Å². The van der Waals surface area contributed by atoms with Crippen molar-refractivity contribution in [2.75, 3.05) is 13.1 Å². The predicted octanol–water partition coefficient (Wildman–Crippen LogP) is 3.37. The number of halogens is 1. The summed E-state index contributed by atoms with van der Waals surface area (Å²) in [6.07, 6.45) is 0.908. The number of hydrogen-bond acceptors (Lipinski definition) is 4. The van der Waals surface area contributed by atoms with Gasteiger partial charge in [-0.1, -0.05) is 29.8 Å². The monoisotopic (exact) mass is 391 g/mol. The molecule has 1 aromatic carbocycles. The van der Waals surface area contributed by atoms with Crippen LogP contribution in [0.1, 0.15) is 35.7 Å². The molecular formula is C19H22ClN3O2S. The fourth-order valence-electron chi connectivity index (χ4n) is 3.44. The highest BCUT2D eigenvalue weighted by Gasteiger charge is 2.44. The largest absolute Gasteiger partial charge is 0.355 e. The van der Waals surface area contributed by atoms with Gasteiger partial charge in [-0.25, -0.2) is 4.98 Å². The number of nitrogens with zero attached hydrogens (tertiary/aromatic N) is 2. The maximum absolute atomic E-state index is 12.8. The van der Waals surface area contributed by atoms with E-state index in [1.807, 2.05) is 37.4 Å². The second-order valence-electron chi connectivity index (χ2n) is 6.38. The minimum Gasteiger partial charge on any atom is -0.355 e. The van der Waals surface area contributed by atoms with Crippen LogP contribution in [0, 0.1) is 12.8 Å². The molecule has 2 heterocycles. The maximum atomic E-state index is 12.8. The molecule has 5 nitrogen and oxygen atoms in total. The van der Waals surface area contributed by atoms with E-state index >= 15 is 0 Å². The number of likely N-dealkylation sites (tertiary alicyclic amines) is 1. The molecule has 1 fully saturated rings. The zero-order valence-corrected chi connectivity index (χ0v) is 16.4. The summed E-state index contributed by atoms with van der Waals surface area (Å²) in [5.74, 6) is -0.541. The Morgan fingerprint density at radius 1 is 1.42 bits per heavy atom. The van der Waals surface area contributed by atoms with Crippen molar-refractivity contribution in [3.8, 4) is 0 Å². The second-order valence-corrected chi connectivity index (χ2v) is 7.73. The molecular weight excluding hydrogens is 370 g/mol. The van der Waals surface area contributed by atoms with Crippen LogP contribution in [0.3, 0.4) is 0 Å². The molecule has 2 atom stereocenters. The van der Waals surface area contributed by atoms with Gasteiger partial charge in [0, 0.05) is 42.0 Å². The molecule has 0 radical (unpaired) electrons. The molecule has 0 aliphatic carbocycles. The number of aryl methyl sites for hydroxylation is 1. The lowest BCUT2D eigenvalue weighted by Crippen LogP contribution is -2.36. The first kappa shape index (κ1) is 18.9. The van der Waals surface area contributed by atoms with Crippen molar-refractivity contribution in [1.29, 1.82) is 0 Å². The van der Waals surface area contributed by atoms with Gasteiger partial charge in [0.1, 0.15) is 0 Å². The van der Waals surface area contributed by atoms with Crippen molar-refractivity contribution in [1.82, 2.24) is 15.2 Å². The Labute approximate surface area is 162 Å². The number of carbonyl (C=O) groups is 2. The van der Waals surface area contributed by atoms with Gasteiger partial charge in [-0.15, -0.1) is 11.3 Å². The van der Waals surface area contributed by atoms with Gasteiger partial charge in [0.25, 0.3) is 0 Å². The predicted molar refractivity (Wildman–Crippen MR) is 103 cm³/mol. The minimum atomic E-state index is -0.430. The van der Waals surface area contributed by atoms with Crippen molar-refractivity contribution in [2.24, 2.45) is 5.92 Å². The lowest BCUT2D eigenvalue weighted by atomic mass is 9.92. The van der Waals surface area contributed by atoms with E-state index in [2.05, 4.69) is 10.3 Å². The van der Waals surface area contributed by atoms with E-state index in [-0.39, 0.29) is 24.3 Å². The summed E-state index contributed by atoms with van der Waals surface area (Å²) >= 11 is 7.95. The fourth-order valence-corrected chi connectivity index (χ4v) is 4.46. The van der Waals surface area contributed by atoms with Crippen LogP contribution >= 0.6 is 22.9 Å². The minimum absolute atomic E-state index is 0.00637. The summed E-state index contributed by atoms with van der Waals surface area (Å²) < 4.78 is 0. The molecule has 0 unspecified atom stereocenters. The highest BCUT2D eigenvalue weighted by Crippen LogP contribution is 2.40. The van der Waals surface area contributed by atoms with Gasteiger partial charge >= 0.3 is 0 Å². The van der Waals surface area contributed by atoms with Crippen molar-refractivity contribution in [2.45, 2.75) is 32.7 Å². The quantitative estimate of drug-likeness (QED) is 0.821. The first-order valence-electron chi connectivity index (χ1n) is 8.74. The zero-order valence-electron chi connectivity index (χ0n) is 14.9. The molecule has 2 amide bonds. The Balaban J connectivity index is 1.72. The molecule has 0 saturated carbocycles. The highest BCUT2D eigenvalue weighted by molar-refractivity contribution is 7.09. The van der Waals surface area contributed by atoms with Crippen LogP contribution in [0.5, 0.6) is 0 Å². The number of rotatable bonds is 6. The highest BCUT2D eigenvalue weighted by atomic mass is 35.5. The molecule has 1 saturated heterocycles. The van der Waals surface area contributed by atoms with Gasteiger partial charge in [-0.2, -0.15) is 0 Å². The summed E-state index contributed by atoms with van der Waals surface area (Å²) in [4.78, 5) is 31.4. The Kier molecular flexibility index (Phi) is 5.94. The van der Waals surface area contributed by atoms with Crippen LogP contribution in [0.4, 0.5) is 0 Å². The Hall–Kier alpha value is -1.92. The molecule has 7 heteroatoms. The number of benzene rings is 1. The summed E-state index contributed by atoms with van der Waals surface area (Å²) in [7, 11) is 0. The van der Waals surface area contributed by atoms with Gasteiger partial charge < -0.3 is 10.2 Å². The molecule has 0 spiro atoms. The number of amides is 2. The normalized spacial score (nSPS) is 19.8. The van der Waals surface area contributed by atoms with Crippen LogP contribution < -0.4 is 5.32 Å². The molecule has 1 N–H and O–H groups in total. The van der Waals surface area contributed by atoms with Gasteiger partial charge in [-0.3, -0.25) is 9.59 Å². The summed E-state index contributed by atoms with van der Waals surface area (Å²) in [5, 5.41) is 6.56. The number of carbonyl (C=O) groups excluding carboxylic acids is 2. The molecule has 0 bridgehead atoms. The molecule has 1 aliphatic heterocycles. The Morgan fingerprint density at radius 2 is 2.19 bits per heavy atom. The van der Waals surface area contributed by atoms with Crippen molar-refractivity contribution >= 4 is 34.8 Å². The van der Waals surface area contributed by atoms with E-state index in [0.717, 1.165) is 16.3 Å². The van der Waals surface area contributed by atoms with Gasteiger partial charge in [0.2, 0.25) is 11.8 Å². The van der Waals surface area contributed by atoms with Crippen LogP contribution in [-0.4, -0.2) is 34.8 Å². The lowest BCUT2D eigenvalue weighted by molar-refractivity contribution is -0.129. The first-order chi connectivity index (χ1) is 12.5. The third kappa shape index (κ3) is 3.91. The molecule has 1 aliphatic rings. The van der Waals surface area contributed by atoms with E-state index in [0.29, 0.717) is 24.5 Å². The Morgan fingerprint density at radius 3 is 2.85 bits per heavy atom. The smallest absolute Gasteiger partial charge is 0.226 e. The molecule has 26 heavy (non-hydrogen) atoms. The van der Waals surface area contributed by atoms with E-state index in [1.165, 1.54) is 0 Å². The first-order valence-corrected chi connectivity index (χ1v) is 9.99. The maximum Gasteiger partial charge on any atom is 0.226 e. The van der Waals surface area contributed by atoms with E-state index < -0.39 is 5.92 Å². The standard InChI is InChI=1S/C19H22ClN3O2S/c1-3-23-17(24)10-14(18(23)13-6-4-5-7-15(13)20)19(25)21-9-8-16-22-12(2)11-26-16/h4-7,11,14,18H,3,8-10H2,1-2H3,(H,21,25)/t14-,18+/m1/s1. The van der Waals surface area contributed by atoms with E-state index in [9.17, 15) is 9.59 Å². The van der Waals surface area contributed by atoms with Crippen molar-refractivity contribution < 1.29 is 9.59 Å². The molecule has 138 valence electrons. The third-order valence-corrected chi connectivity index (χ3v) is 6.01. The summed E-state index contributed by atoms with van der Waals surface area (Å²) in [6.45, 7) is 4.94. The van der Waals surface area contributed by atoms with Gasteiger partial charge in [0.05, 0.1) is 17.0 Å². The van der Waals surface area contributed by atoms with Crippen LogP contribution in [0.2, 0.25) is 5.02 Å². The number of thiazole rings is 1. The topological polar surface area (TPSA) is 62.3 Å². The molecule has 1 aromatic heterocycles. The second kappa shape index (κ2) is 8.18. The molecule has 2 aromatic rings. The fraction of sp³-hybridized carbons (Fsp3) is 0.421. The summed E-state index contributed by atoms with van der Waals surface area (Å²) in [6, 6.07) is 7.12. The van der Waals surface area contributed by atoms with E-state index in [4.69, 9.17) is 11.6 Å². The SMILES string of the molecule is CCN1C(=O)C[C@@H](C(=O)NCCc2nc(C)cs2)[C@@H]1c1ccccc1Cl. The van der Waals surface area contributed by atoms with Crippen LogP contribution in [0.15, 0.2) is 29.6 Å². The lowest BCUT2D eigenvalue weighted by Gasteiger charge is -2.28. The number of nitrogens with one attached hydrogen (secondary N) is 1. The van der Waals surface area contributed by atoms with Gasteiger partial charge in [-0.05, 0) is 25.5 Å². The van der Waals surface area contributed by atoms with Crippen molar-refractivity contribution in [3.05, 3.63) is 50.9 Å². The average molecular weight is 392 g/mol. The number of aromatic nitrogens is 1. The van der Waals surface area contributed by atoms with Gasteiger partial charge in [0.15, 0.2) is 0 Å². The third-order valence-electron chi connectivity index (χ3n) is 4.64.